The molecule has 5 heteroatoms. The molecular formula is C23H27FN2O2. The normalized spacial score (nSPS) is 23.5. The van der Waals surface area contributed by atoms with E-state index in [1.54, 1.807) is 12.1 Å². The minimum atomic E-state index is -0.226. The van der Waals surface area contributed by atoms with Crippen LogP contribution in [0.15, 0.2) is 42.5 Å². The van der Waals surface area contributed by atoms with Crippen LogP contribution in [0.4, 0.5) is 10.1 Å². The van der Waals surface area contributed by atoms with Crippen molar-refractivity contribution in [3.63, 3.8) is 0 Å². The Morgan fingerprint density at radius 2 is 1.89 bits per heavy atom. The molecule has 5 rings (SSSR count). The van der Waals surface area contributed by atoms with E-state index in [1.165, 1.54) is 36.2 Å². The highest BCUT2D eigenvalue weighted by molar-refractivity contribution is 5.71. The summed E-state index contributed by atoms with van der Waals surface area (Å²) in [6, 6.07) is 13.4. The fraction of sp³-hybridized carbons (Fsp3) is 0.478. The number of nitrogens with zero attached hydrogens (tertiary/aromatic N) is 2. The zero-order valence-corrected chi connectivity index (χ0v) is 16.1. The van der Waals surface area contributed by atoms with Crippen molar-refractivity contribution in [1.82, 2.24) is 4.90 Å². The number of ether oxygens (including phenoxy) is 2. The predicted octanol–water partition coefficient (Wildman–Crippen LogP) is 4.06. The first-order chi connectivity index (χ1) is 13.8. The summed E-state index contributed by atoms with van der Waals surface area (Å²) in [6.07, 6.45) is 3.40. The number of anilines is 1. The van der Waals surface area contributed by atoms with E-state index >= 15 is 0 Å². The van der Waals surface area contributed by atoms with Gasteiger partial charge in [-0.1, -0.05) is 12.1 Å². The topological polar surface area (TPSA) is 24.9 Å². The highest BCUT2D eigenvalue weighted by atomic mass is 19.1. The second-order valence-electron chi connectivity index (χ2n) is 7.98. The van der Waals surface area contributed by atoms with E-state index < -0.39 is 0 Å². The van der Waals surface area contributed by atoms with Gasteiger partial charge in [-0.25, -0.2) is 4.39 Å². The van der Waals surface area contributed by atoms with Gasteiger partial charge >= 0.3 is 0 Å². The summed E-state index contributed by atoms with van der Waals surface area (Å²) in [7, 11) is 0. The van der Waals surface area contributed by atoms with E-state index in [9.17, 15) is 4.39 Å². The maximum absolute atomic E-state index is 13.0. The average molecular weight is 382 g/mol. The Morgan fingerprint density at radius 3 is 2.79 bits per heavy atom. The van der Waals surface area contributed by atoms with E-state index in [2.05, 4.69) is 28.0 Å². The first-order valence-electron chi connectivity index (χ1n) is 10.4. The quantitative estimate of drug-likeness (QED) is 0.729. The van der Waals surface area contributed by atoms with Crippen LogP contribution in [0.1, 0.15) is 30.7 Å². The molecule has 2 unspecified atom stereocenters. The molecule has 0 aromatic heterocycles. The Labute approximate surface area is 165 Å². The molecule has 2 aromatic carbocycles. The Bertz CT molecular complexity index is 826. The fourth-order valence-electron chi connectivity index (χ4n) is 5.07. The smallest absolute Gasteiger partial charge is 0.142 e. The van der Waals surface area contributed by atoms with Gasteiger partial charge in [-0.3, -0.25) is 0 Å². The van der Waals surface area contributed by atoms with Crippen molar-refractivity contribution in [1.29, 1.82) is 0 Å². The number of fused-ring (bicyclic) bond motifs is 3. The van der Waals surface area contributed by atoms with Gasteiger partial charge in [-0.05, 0) is 61.7 Å². The molecular weight excluding hydrogens is 355 g/mol. The minimum absolute atomic E-state index is 0.226. The highest BCUT2D eigenvalue weighted by Crippen LogP contribution is 2.50. The van der Waals surface area contributed by atoms with Crippen molar-refractivity contribution in [2.24, 2.45) is 0 Å². The molecule has 0 N–H and O–H groups in total. The van der Waals surface area contributed by atoms with Crippen LogP contribution in [0.25, 0.3) is 0 Å². The first kappa shape index (κ1) is 17.8. The van der Waals surface area contributed by atoms with Crippen LogP contribution in [-0.2, 0) is 0 Å². The molecule has 3 aliphatic heterocycles. The SMILES string of the molecule is Fc1ccc(OCCCN2CCC3c4cccc5c4N(CCO5)C3CC2)cc1. The third-order valence-electron chi connectivity index (χ3n) is 6.37. The molecule has 0 spiro atoms. The molecule has 0 aliphatic carbocycles. The molecule has 1 saturated heterocycles. The molecule has 2 aromatic rings. The Morgan fingerprint density at radius 1 is 1.04 bits per heavy atom. The van der Waals surface area contributed by atoms with Crippen LogP contribution in [0.2, 0.25) is 0 Å². The molecule has 0 amide bonds. The molecule has 3 aliphatic rings. The molecule has 1 fully saturated rings. The molecule has 0 radical (unpaired) electrons. The second-order valence-corrected chi connectivity index (χ2v) is 7.98. The molecule has 0 bridgehead atoms. The van der Waals surface area contributed by atoms with Crippen LogP contribution in [0.5, 0.6) is 11.5 Å². The van der Waals surface area contributed by atoms with Gasteiger partial charge in [0.1, 0.15) is 23.9 Å². The van der Waals surface area contributed by atoms with Gasteiger partial charge in [-0.2, -0.15) is 0 Å². The van der Waals surface area contributed by atoms with E-state index in [1.807, 2.05) is 0 Å². The van der Waals surface area contributed by atoms with Gasteiger partial charge in [0.25, 0.3) is 0 Å². The summed E-state index contributed by atoms with van der Waals surface area (Å²) in [5.41, 5.74) is 2.86. The van der Waals surface area contributed by atoms with Crippen molar-refractivity contribution in [3.8, 4) is 11.5 Å². The monoisotopic (exact) mass is 382 g/mol. The van der Waals surface area contributed by atoms with E-state index in [-0.39, 0.29) is 5.82 Å². The number of likely N-dealkylation sites (tertiary alicyclic amines) is 1. The lowest BCUT2D eigenvalue weighted by atomic mass is 9.91. The van der Waals surface area contributed by atoms with E-state index in [0.29, 0.717) is 18.6 Å². The number of hydrogen-bond donors (Lipinski definition) is 0. The van der Waals surface area contributed by atoms with Gasteiger partial charge in [0.2, 0.25) is 0 Å². The second kappa shape index (κ2) is 7.63. The summed E-state index contributed by atoms with van der Waals surface area (Å²) in [6.45, 7) is 5.80. The van der Waals surface area contributed by atoms with Crippen LogP contribution < -0.4 is 14.4 Å². The van der Waals surface area contributed by atoms with Crippen molar-refractivity contribution in [2.75, 3.05) is 44.3 Å². The van der Waals surface area contributed by atoms with E-state index in [0.717, 1.165) is 50.7 Å². The van der Waals surface area contributed by atoms with Crippen LogP contribution in [-0.4, -0.2) is 50.3 Å². The number of hydrogen-bond acceptors (Lipinski definition) is 4. The van der Waals surface area contributed by atoms with Gasteiger partial charge < -0.3 is 19.3 Å². The van der Waals surface area contributed by atoms with Gasteiger partial charge in [0.05, 0.1) is 18.8 Å². The number of benzene rings is 2. The number of rotatable bonds is 5. The Kier molecular flexibility index (Phi) is 4.85. The Hall–Kier alpha value is -2.27. The number of para-hydroxylation sites is 1. The molecule has 2 atom stereocenters. The van der Waals surface area contributed by atoms with Gasteiger partial charge in [-0.15, -0.1) is 0 Å². The molecule has 4 nitrogen and oxygen atoms in total. The van der Waals surface area contributed by atoms with E-state index in [4.69, 9.17) is 9.47 Å². The van der Waals surface area contributed by atoms with Crippen LogP contribution in [0.3, 0.4) is 0 Å². The predicted molar refractivity (Wildman–Crippen MR) is 108 cm³/mol. The standard InChI is InChI=1S/C23H27FN2O2/c24-17-5-7-18(8-6-17)27-15-2-11-25-12-9-19-20-3-1-4-22-23(20)26(14-16-28-22)21(19)10-13-25/h1,3-8,19,21H,2,9-16H2. The molecule has 0 saturated carbocycles. The first-order valence-corrected chi connectivity index (χ1v) is 10.4. The molecule has 148 valence electrons. The van der Waals surface area contributed by atoms with Crippen molar-refractivity contribution < 1.29 is 13.9 Å². The summed E-state index contributed by atoms with van der Waals surface area (Å²) in [4.78, 5) is 5.19. The van der Waals surface area contributed by atoms with Crippen molar-refractivity contribution in [3.05, 3.63) is 53.8 Å². The zero-order chi connectivity index (χ0) is 18.9. The summed E-state index contributed by atoms with van der Waals surface area (Å²) >= 11 is 0. The zero-order valence-electron chi connectivity index (χ0n) is 16.1. The van der Waals surface area contributed by atoms with Gasteiger partial charge in [0.15, 0.2) is 0 Å². The van der Waals surface area contributed by atoms with Crippen molar-refractivity contribution >= 4 is 5.69 Å². The lowest BCUT2D eigenvalue weighted by molar-refractivity contribution is 0.238. The maximum atomic E-state index is 13.0. The molecule has 28 heavy (non-hydrogen) atoms. The third kappa shape index (κ3) is 3.32. The minimum Gasteiger partial charge on any atom is -0.494 e. The van der Waals surface area contributed by atoms with Crippen LogP contribution >= 0.6 is 0 Å². The molecule has 3 heterocycles. The lowest BCUT2D eigenvalue weighted by Gasteiger charge is -2.33. The van der Waals surface area contributed by atoms with Crippen molar-refractivity contribution in [2.45, 2.75) is 31.2 Å². The average Bonchev–Trinajstić information content (AvgIpc) is 2.88. The third-order valence-corrected chi connectivity index (χ3v) is 6.37. The summed E-state index contributed by atoms with van der Waals surface area (Å²) in [5, 5.41) is 0. The highest BCUT2D eigenvalue weighted by Gasteiger charge is 2.42. The maximum Gasteiger partial charge on any atom is 0.142 e. The summed E-state index contributed by atoms with van der Waals surface area (Å²) in [5.74, 6) is 2.21. The fourth-order valence-corrected chi connectivity index (χ4v) is 5.07. The van der Waals surface area contributed by atoms with Crippen LogP contribution in [0, 0.1) is 5.82 Å². The summed E-state index contributed by atoms with van der Waals surface area (Å²) < 4.78 is 24.6. The largest absolute Gasteiger partial charge is 0.494 e. The lowest BCUT2D eigenvalue weighted by Crippen LogP contribution is -2.40. The number of halogens is 1. The van der Waals surface area contributed by atoms with Gasteiger partial charge in [0, 0.05) is 25.0 Å². The Balaban J connectivity index is 1.16.